The number of ether oxygens (including phenoxy) is 4. The average molecular weight is 512 g/mol. The number of hydrogen-bond donors (Lipinski definition) is 0. The van der Waals surface area contributed by atoms with Gasteiger partial charge in [-0.25, -0.2) is 4.98 Å². The van der Waals surface area contributed by atoms with Crippen molar-refractivity contribution in [1.29, 1.82) is 0 Å². The Hall–Kier alpha value is -3.14. The van der Waals surface area contributed by atoms with Gasteiger partial charge in [-0.2, -0.15) is 0 Å². The van der Waals surface area contributed by atoms with E-state index in [0.29, 0.717) is 38.5 Å². The molecule has 0 spiro atoms. The number of rotatable bonds is 11. The Morgan fingerprint density at radius 2 is 1.69 bits per heavy atom. The number of hydrogen-bond acceptors (Lipinski definition) is 8. The van der Waals surface area contributed by atoms with Gasteiger partial charge in [0.2, 0.25) is 0 Å². The zero-order chi connectivity index (χ0) is 25.3. The molecule has 0 N–H and O–H groups in total. The fraction of sp³-hybridized carbons (Fsp3) is 0.407. The number of carbonyl (C=O) groups is 1. The van der Waals surface area contributed by atoms with Crippen LogP contribution in [0.4, 0.5) is 0 Å². The van der Waals surface area contributed by atoms with Gasteiger partial charge >= 0.3 is 0 Å². The molecule has 1 fully saturated rings. The second kappa shape index (κ2) is 12.7. The standard InChI is InChI=1S/C27H33N3O5S/c1-32-22-7-4-21(5-8-22)17-29(11-10-20-6-9-24(33-2)25(16-20)34-3)18-26-28-23(19-36-26)27(31)30-12-14-35-15-13-30/h4-9,16,19H,10-15,17-18H2,1-3H3. The first-order valence-corrected chi connectivity index (χ1v) is 12.8. The van der Waals surface area contributed by atoms with Crippen molar-refractivity contribution in [2.24, 2.45) is 0 Å². The van der Waals surface area contributed by atoms with Crippen LogP contribution in [0.25, 0.3) is 0 Å². The SMILES string of the molecule is COc1ccc(CN(CCc2ccc(OC)c(OC)c2)Cc2nc(C(=O)N3CCOCC3)cs2)cc1. The predicted molar refractivity (Wildman–Crippen MR) is 139 cm³/mol. The van der Waals surface area contributed by atoms with Crippen molar-refractivity contribution in [2.75, 3.05) is 54.2 Å². The molecule has 2 aromatic carbocycles. The van der Waals surface area contributed by atoms with Gasteiger partial charge in [-0.3, -0.25) is 9.69 Å². The Bertz CT molecular complexity index is 1130. The molecule has 0 unspecified atom stereocenters. The molecule has 36 heavy (non-hydrogen) atoms. The monoisotopic (exact) mass is 511 g/mol. The molecule has 0 bridgehead atoms. The van der Waals surface area contributed by atoms with E-state index in [1.165, 1.54) is 16.9 Å². The van der Waals surface area contributed by atoms with Gasteiger partial charge in [0.05, 0.1) is 41.1 Å². The molecule has 1 aliphatic rings. The van der Waals surface area contributed by atoms with Gasteiger partial charge < -0.3 is 23.8 Å². The summed E-state index contributed by atoms with van der Waals surface area (Å²) in [5, 5.41) is 2.79. The van der Waals surface area contributed by atoms with Crippen LogP contribution in [0.15, 0.2) is 47.8 Å². The number of thiazole rings is 1. The molecule has 0 radical (unpaired) electrons. The topological polar surface area (TPSA) is 73.4 Å². The van der Waals surface area contributed by atoms with Crippen LogP contribution in [0.5, 0.6) is 17.2 Å². The molecule has 0 aliphatic carbocycles. The lowest BCUT2D eigenvalue weighted by molar-refractivity contribution is 0.0299. The van der Waals surface area contributed by atoms with Crippen LogP contribution < -0.4 is 14.2 Å². The van der Waals surface area contributed by atoms with E-state index in [0.717, 1.165) is 47.3 Å². The van der Waals surface area contributed by atoms with Crippen LogP contribution in [-0.2, 0) is 24.2 Å². The van der Waals surface area contributed by atoms with Crippen molar-refractivity contribution in [3.63, 3.8) is 0 Å². The Morgan fingerprint density at radius 3 is 2.39 bits per heavy atom. The molecule has 1 saturated heterocycles. The molecule has 4 rings (SSSR count). The van der Waals surface area contributed by atoms with E-state index >= 15 is 0 Å². The van der Waals surface area contributed by atoms with Crippen LogP contribution in [0.2, 0.25) is 0 Å². The fourth-order valence-electron chi connectivity index (χ4n) is 4.13. The quantitative estimate of drug-likeness (QED) is 0.387. The van der Waals surface area contributed by atoms with E-state index in [4.69, 9.17) is 18.9 Å². The van der Waals surface area contributed by atoms with Crippen molar-refractivity contribution in [3.8, 4) is 17.2 Å². The van der Waals surface area contributed by atoms with Gasteiger partial charge in [0.15, 0.2) is 11.5 Å². The first-order valence-electron chi connectivity index (χ1n) is 12.0. The third-order valence-corrected chi connectivity index (χ3v) is 6.99. The number of morpholine rings is 1. The van der Waals surface area contributed by atoms with Gasteiger partial charge in [-0.15, -0.1) is 11.3 Å². The van der Waals surface area contributed by atoms with Crippen LogP contribution in [-0.4, -0.2) is 74.9 Å². The summed E-state index contributed by atoms with van der Waals surface area (Å²) in [5.41, 5.74) is 2.86. The largest absolute Gasteiger partial charge is 0.497 e. The summed E-state index contributed by atoms with van der Waals surface area (Å²) in [6, 6.07) is 14.1. The number of benzene rings is 2. The lowest BCUT2D eigenvalue weighted by Crippen LogP contribution is -2.40. The highest BCUT2D eigenvalue weighted by Crippen LogP contribution is 2.28. The van der Waals surface area contributed by atoms with Crippen molar-refractivity contribution in [2.45, 2.75) is 19.5 Å². The smallest absolute Gasteiger partial charge is 0.273 e. The van der Waals surface area contributed by atoms with Gasteiger partial charge in [0, 0.05) is 31.6 Å². The fourth-order valence-corrected chi connectivity index (χ4v) is 4.94. The summed E-state index contributed by atoms with van der Waals surface area (Å²) in [5.74, 6) is 2.26. The molecule has 0 saturated carbocycles. The summed E-state index contributed by atoms with van der Waals surface area (Å²) >= 11 is 1.53. The van der Waals surface area contributed by atoms with E-state index in [2.05, 4.69) is 28.1 Å². The van der Waals surface area contributed by atoms with Crippen LogP contribution in [0.1, 0.15) is 26.6 Å². The van der Waals surface area contributed by atoms with Crippen molar-refractivity contribution in [1.82, 2.24) is 14.8 Å². The number of nitrogens with zero attached hydrogens (tertiary/aromatic N) is 3. The maximum atomic E-state index is 12.8. The predicted octanol–water partition coefficient (Wildman–Crippen LogP) is 3.89. The Balaban J connectivity index is 1.46. The summed E-state index contributed by atoms with van der Waals surface area (Å²) in [4.78, 5) is 21.7. The van der Waals surface area contributed by atoms with Crippen LogP contribution in [0, 0.1) is 0 Å². The number of carbonyl (C=O) groups excluding carboxylic acids is 1. The summed E-state index contributed by atoms with van der Waals surface area (Å²) in [6.45, 7) is 4.60. The lowest BCUT2D eigenvalue weighted by Gasteiger charge is -2.26. The van der Waals surface area contributed by atoms with Gasteiger partial charge in [0.25, 0.3) is 5.91 Å². The van der Waals surface area contributed by atoms with E-state index in [-0.39, 0.29) is 5.91 Å². The number of amides is 1. The third kappa shape index (κ3) is 6.75. The Kier molecular flexibility index (Phi) is 9.16. The van der Waals surface area contributed by atoms with E-state index in [1.807, 2.05) is 34.5 Å². The minimum absolute atomic E-state index is 0.0205. The van der Waals surface area contributed by atoms with E-state index in [1.54, 1.807) is 21.3 Å². The van der Waals surface area contributed by atoms with Crippen molar-refractivity contribution >= 4 is 17.2 Å². The first-order chi connectivity index (χ1) is 17.6. The summed E-state index contributed by atoms with van der Waals surface area (Å²) < 4.78 is 21.5. The average Bonchev–Trinajstić information content (AvgIpc) is 3.40. The van der Waals surface area contributed by atoms with Crippen molar-refractivity contribution < 1.29 is 23.7 Å². The Morgan fingerprint density at radius 1 is 0.972 bits per heavy atom. The molecule has 192 valence electrons. The second-order valence-corrected chi connectivity index (χ2v) is 9.47. The molecule has 1 aliphatic heterocycles. The van der Waals surface area contributed by atoms with Crippen molar-refractivity contribution in [3.05, 3.63) is 69.7 Å². The number of aromatic nitrogens is 1. The maximum absolute atomic E-state index is 12.8. The molecular weight excluding hydrogens is 478 g/mol. The minimum Gasteiger partial charge on any atom is -0.497 e. The molecule has 1 aromatic heterocycles. The van der Waals surface area contributed by atoms with E-state index < -0.39 is 0 Å². The zero-order valence-electron chi connectivity index (χ0n) is 21.1. The first kappa shape index (κ1) is 25.9. The number of methoxy groups -OCH3 is 3. The Labute approximate surface area is 216 Å². The molecule has 3 aromatic rings. The van der Waals surface area contributed by atoms with Gasteiger partial charge in [0.1, 0.15) is 16.5 Å². The van der Waals surface area contributed by atoms with Crippen LogP contribution >= 0.6 is 11.3 Å². The van der Waals surface area contributed by atoms with E-state index in [9.17, 15) is 4.79 Å². The molecule has 2 heterocycles. The molecular formula is C27H33N3O5S. The molecule has 0 atom stereocenters. The lowest BCUT2D eigenvalue weighted by atomic mass is 10.1. The molecule has 1 amide bonds. The zero-order valence-corrected chi connectivity index (χ0v) is 21.9. The van der Waals surface area contributed by atoms with Gasteiger partial charge in [-0.1, -0.05) is 18.2 Å². The molecule has 8 nitrogen and oxygen atoms in total. The third-order valence-electron chi connectivity index (χ3n) is 6.16. The highest BCUT2D eigenvalue weighted by Gasteiger charge is 2.21. The normalized spacial score (nSPS) is 13.6. The molecule has 9 heteroatoms. The summed E-state index contributed by atoms with van der Waals surface area (Å²) in [7, 11) is 4.96. The maximum Gasteiger partial charge on any atom is 0.273 e. The highest BCUT2D eigenvalue weighted by atomic mass is 32.1. The second-order valence-electron chi connectivity index (χ2n) is 8.53. The minimum atomic E-state index is -0.0205. The van der Waals surface area contributed by atoms with Crippen LogP contribution in [0.3, 0.4) is 0 Å². The van der Waals surface area contributed by atoms with Gasteiger partial charge in [-0.05, 0) is 41.8 Å². The summed E-state index contributed by atoms with van der Waals surface area (Å²) in [6.07, 6.45) is 0.835. The highest BCUT2D eigenvalue weighted by molar-refractivity contribution is 7.09.